The van der Waals surface area contributed by atoms with E-state index in [4.69, 9.17) is 0 Å². The summed E-state index contributed by atoms with van der Waals surface area (Å²) in [4.78, 5) is 22.4. The van der Waals surface area contributed by atoms with Crippen LogP contribution in [-0.4, -0.2) is 38.3 Å². The van der Waals surface area contributed by atoms with Gasteiger partial charge in [0.15, 0.2) is 6.04 Å². The second kappa shape index (κ2) is 5.81. The first-order valence-electron chi connectivity index (χ1n) is 7.43. The van der Waals surface area contributed by atoms with Crippen LogP contribution in [0.1, 0.15) is 36.0 Å². The number of carbonyl (C=O) groups is 1. The van der Waals surface area contributed by atoms with E-state index < -0.39 is 18.1 Å². The second-order valence-corrected chi connectivity index (χ2v) is 6.79. The predicted octanol–water partition coefficient (Wildman–Crippen LogP) is 2.12. The quantitative estimate of drug-likeness (QED) is 0.798. The first kappa shape index (κ1) is 15.2. The highest BCUT2D eigenvalue weighted by Gasteiger charge is 2.27. The van der Waals surface area contributed by atoms with Gasteiger partial charge in [0, 0.05) is 4.88 Å². The molecule has 0 aromatic carbocycles. The number of hydrogen-bond acceptors (Lipinski definition) is 6. The van der Waals surface area contributed by atoms with Gasteiger partial charge in [0.2, 0.25) is 0 Å². The number of aliphatic hydroxyl groups excluding tert-OH is 1. The number of thiophene rings is 1. The summed E-state index contributed by atoms with van der Waals surface area (Å²) in [5.41, 5.74) is 1.24. The van der Waals surface area contributed by atoms with Crippen molar-refractivity contribution >= 4 is 33.3 Å². The maximum atomic E-state index is 11.3. The minimum Gasteiger partial charge on any atom is -0.480 e. The van der Waals surface area contributed by atoms with Crippen molar-refractivity contribution in [1.29, 1.82) is 0 Å². The van der Waals surface area contributed by atoms with Crippen LogP contribution >= 0.6 is 11.3 Å². The minimum absolute atomic E-state index is 0.523. The standard InChI is InChI=1S/C15H19N3O3S/c1-7(19)12(15(20)21)18-13-11-9-5-3-4-6-10(9)22-14(11)17-8(2)16-13/h7,12,19H,3-6H2,1-2H3,(H,20,21)(H,16,17,18)/t7-,12+/m1/s1. The molecule has 2 aromatic rings. The molecule has 6 nitrogen and oxygen atoms in total. The number of nitrogens with one attached hydrogen (secondary N) is 1. The third-order valence-corrected chi connectivity index (χ3v) is 5.15. The van der Waals surface area contributed by atoms with Gasteiger partial charge in [0.05, 0.1) is 11.5 Å². The molecule has 3 rings (SSSR count). The van der Waals surface area contributed by atoms with Crippen molar-refractivity contribution < 1.29 is 15.0 Å². The molecule has 1 aliphatic carbocycles. The SMILES string of the molecule is Cc1nc(N[C@H](C(=O)O)[C@@H](C)O)c2c3c(sc2n1)CCCC3. The molecular weight excluding hydrogens is 302 g/mol. The fourth-order valence-electron chi connectivity index (χ4n) is 2.90. The number of aromatic nitrogens is 2. The van der Waals surface area contributed by atoms with E-state index in [1.54, 1.807) is 18.3 Å². The third-order valence-electron chi connectivity index (χ3n) is 3.97. The molecule has 118 valence electrons. The van der Waals surface area contributed by atoms with E-state index in [1.807, 2.05) is 0 Å². The molecule has 2 heterocycles. The van der Waals surface area contributed by atoms with E-state index >= 15 is 0 Å². The fraction of sp³-hybridized carbons (Fsp3) is 0.533. The van der Waals surface area contributed by atoms with Gasteiger partial charge in [-0.3, -0.25) is 0 Å². The van der Waals surface area contributed by atoms with Crippen molar-refractivity contribution in [2.24, 2.45) is 0 Å². The average molecular weight is 321 g/mol. The van der Waals surface area contributed by atoms with Gasteiger partial charge in [0.1, 0.15) is 16.5 Å². The largest absolute Gasteiger partial charge is 0.480 e. The Hall–Kier alpha value is -1.73. The Kier molecular flexibility index (Phi) is 4.01. The van der Waals surface area contributed by atoms with E-state index in [9.17, 15) is 15.0 Å². The normalized spacial score (nSPS) is 17.0. The molecule has 7 heteroatoms. The Balaban J connectivity index is 2.11. The summed E-state index contributed by atoms with van der Waals surface area (Å²) in [5.74, 6) is 0.0297. The zero-order chi connectivity index (χ0) is 15.9. The summed E-state index contributed by atoms with van der Waals surface area (Å²) in [5, 5.41) is 22.8. The van der Waals surface area contributed by atoms with E-state index in [2.05, 4.69) is 15.3 Å². The molecule has 0 radical (unpaired) electrons. The zero-order valence-corrected chi connectivity index (χ0v) is 13.4. The van der Waals surface area contributed by atoms with Crippen molar-refractivity contribution in [2.75, 3.05) is 5.32 Å². The average Bonchev–Trinajstić information content (AvgIpc) is 2.81. The van der Waals surface area contributed by atoms with Crippen molar-refractivity contribution in [3.05, 3.63) is 16.3 Å². The van der Waals surface area contributed by atoms with E-state index in [0.717, 1.165) is 29.5 Å². The second-order valence-electron chi connectivity index (χ2n) is 5.71. The van der Waals surface area contributed by atoms with Crippen LogP contribution in [0.5, 0.6) is 0 Å². The number of fused-ring (bicyclic) bond motifs is 3. The fourth-order valence-corrected chi connectivity index (χ4v) is 4.21. The maximum absolute atomic E-state index is 11.3. The molecule has 0 fully saturated rings. The van der Waals surface area contributed by atoms with Crippen LogP contribution in [0.4, 0.5) is 5.82 Å². The Morgan fingerprint density at radius 2 is 2.05 bits per heavy atom. The molecule has 0 amide bonds. The van der Waals surface area contributed by atoms with Gasteiger partial charge in [0.25, 0.3) is 0 Å². The van der Waals surface area contributed by atoms with E-state index in [-0.39, 0.29) is 0 Å². The molecule has 0 spiro atoms. The molecule has 2 atom stereocenters. The maximum Gasteiger partial charge on any atom is 0.328 e. The van der Waals surface area contributed by atoms with E-state index in [0.29, 0.717) is 11.6 Å². The number of hydrogen-bond donors (Lipinski definition) is 3. The molecule has 0 aliphatic heterocycles. The van der Waals surface area contributed by atoms with Gasteiger partial charge in [-0.1, -0.05) is 0 Å². The summed E-state index contributed by atoms with van der Waals surface area (Å²) in [7, 11) is 0. The van der Waals surface area contributed by atoms with Crippen LogP contribution in [0.15, 0.2) is 0 Å². The number of anilines is 1. The Morgan fingerprint density at radius 1 is 1.32 bits per heavy atom. The Labute approximate surface area is 132 Å². The number of carboxylic acid groups (broad SMARTS) is 1. The third kappa shape index (κ3) is 2.66. The predicted molar refractivity (Wildman–Crippen MR) is 85.5 cm³/mol. The number of carboxylic acids is 1. The molecule has 3 N–H and O–H groups in total. The van der Waals surface area contributed by atoms with Gasteiger partial charge >= 0.3 is 5.97 Å². The lowest BCUT2D eigenvalue weighted by Crippen LogP contribution is -2.39. The molecule has 0 saturated heterocycles. The number of aliphatic carboxylic acids is 1. The first-order valence-corrected chi connectivity index (χ1v) is 8.25. The minimum atomic E-state index is -1.09. The molecule has 22 heavy (non-hydrogen) atoms. The van der Waals surface area contributed by atoms with Crippen molar-refractivity contribution in [3.63, 3.8) is 0 Å². The van der Waals surface area contributed by atoms with Crippen LogP contribution in [-0.2, 0) is 17.6 Å². The van der Waals surface area contributed by atoms with Crippen molar-refractivity contribution in [1.82, 2.24) is 9.97 Å². The first-order chi connectivity index (χ1) is 10.5. The zero-order valence-electron chi connectivity index (χ0n) is 12.6. The number of nitrogens with zero attached hydrogens (tertiary/aromatic N) is 2. The summed E-state index contributed by atoms with van der Waals surface area (Å²) < 4.78 is 0. The number of rotatable bonds is 4. The lowest BCUT2D eigenvalue weighted by atomic mass is 9.97. The molecule has 0 bridgehead atoms. The highest BCUT2D eigenvalue weighted by molar-refractivity contribution is 7.19. The summed E-state index contributed by atoms with van der Waals surface area (Å²) in [6.07, 6.45) is 3.32. The highest BCUT2D eigenvalue weighted by atomic mass is 32.1. The van der Waals surface area contributed by atoms with Gasteiger partial charge < -0.3 is 15.5 Å². The Bertz CT molecular complexity index is 726. The van der Waals surface area contributed by atoms with E-state index in [1.165, 1.54) is 23.8 Å². The van der Waals surface area contributed by atoms with Crippen LogP contribution < -0.4 is 5.32 Å². The summed E-state index contributed by atoms with van der Waals surface area (Å²) in [6.45, 7) is 3.25. The van der Waals surface area contributed by atoms with Crippen molar-refractivity contribution in [3.8, 4) is 0 Å². The highest BCUT2D eigenvalue weighted by Crippen LogP contribution is 2.38. The van der Waals surface area contributed by atoms with Crippen molar-refractivity contribution in [2.45, 2.75) is 51.7 Å². The number of aliphatic hydroxyl groups is 1. The molecule has 2 aromatic heterocycles. The van der Waals surface area contributed by atoms with Gasteiger partial charge in [-0.15, -0.1) is 11.3 Å². The van der Waals surface area contributed by atoms with Gasteiger partial charge in [-0.05, 0) is 45.1 Å². The molecular formula is C15H19N3O3S. The lowest BCUT2D eigenvalue weighted by molar-refractivity contribution is -0.140. The van der Waals surface area contributed by atoms with Crippen LogP contribution in [0.2, 0.25) is 0 Å². The number of aryl methyl sites for hydroxylation is 3. The monoisotopic (exact) mass is 321 g/mol. The summed E-state index contributed by atoms with van der Waals surface area (Å²) in [6, 6.07) is -1.09. The van der Waals surface area contributed by atoms with Crippen LogP contribution in [0, 0.1) is 6.92 Å². The lowest BCUT2D eigenvalue weighted by Gasteiger charge is -2.19. The molecule has 0 saturated carbocycles. The topological polar surface area (TPSA) is 95.3 Å². The summed E-state index contributed by atoms with van der Waals surface area (Å²) >= 11 is 1.67. The Morgan fingerprint density at radius 3 is 2.73 bits per heavy atom. The van der Waals surface area contributed by atoms with Gasteiger partial charge in [-0.2, -0.15) is 0 Å². The molecule has 1 aliphatic rings. The smallest absolute Gasteiger partial charge is 0.328 e. The van der Waals surface area contributed by atoms with Crippen LogP contribution in [0.25, 0.3) is 10.2 Å². The van der Waals surface area contributed by atoms with Gasteiger partial charge in [-0.25, -0.2) is 14.8 Å². The van der Waals surface area contributed by atoms with Crippen LogP contribution in [0.3, 0.4) is 0 Å². The molecule has 0 unspecified atom stereocenters.